The molecule has 2 heterocycles. The van der Waals surface area contributed by atoms with Crippen molar-refractivity contribution in [2.75, 3.05) is 5.32 Å². The molecular weight excluding hydrogens is 382 g/mol. The zero-order valence-electron chi connectivity index (χ0n) is 16.7. The first-order chi connectivity index (χ1) is 13.9. The molecule has 0 radical (unpaired) electrons. The SMILES string of the molecule is Cc1ccc(CSc2nc(=O)c3c(n2C)NC(=O)CC3c2ccccc2C)cc1. The Labute approximate surface area is 174 Å². The van der Waals surface area contributed by atoms with Crippen LogP contribution in [-0.2, 0) is 17.6 Å². The number of carbonyl (C=O) groups excluding carboxylic acids is 1. The molecular formula is C23H23N3O2S. The number of rotatable bonds is 4. The topological polar surface area (TPSA) is 64.0 Å². The van der Waals surface area contributed by atoms with Gasteiger partial charge in [0, 0.05) is 25.1 Å². The molecule has 3 aromatic rings. The second-order valence-corrected chi connectivity index (χ2v) is 8.40. The number of nitrogens with one attached hydrogen (secondary N) is 1. The minimum atomic E-state index is -0.276. The van der Waals surface area contributed by atoms with Gasteiger partial charge in [0.15, 0.2) is 5.16 Å². The summed E-state index contributed by atoms with van der Waals surface area (Å²) in [6, 6.07) is 16.2. The molecule has 1 aromatic heterocycles. The van der Waals surface area contributed by atoms with Gasteiger partial charge in [-0.05, 0) is 30.5 Å². The van der Waals surface area contributed by atoms with Crippen LogP contribution in [0, 0.1) is 13.8 Å². The normalized spacial score (nSPS) is 15.7. The fourth-order valence-corrected chi connectivity index (χ4v) is 4.66. The number of thioether (sulfide) groups is 1. The van der Waals surface area contributed by atoms with Gasteiger partial charge >= 0.3 is 0 Å². The van der Waals surface area contributed by atoms with E-state index in [9.17, 15) is 9.59 Å². The average Bonchev–Trinajstić information content (AvgIpc) is 2.70. The molecule has 0 spiro atoms. The standard InChI is InChI=1S/C23H23N3O2S/c1-14-8-10-16(11-9-14)13-29-23-25-22(28)20-18(17-7-5-4-6-15(17)2)12-19(27)24-21(20)26(23)3/h4-11,18H,12-13H2,1-3H3,(H,24,27). The summed E-state index contributed by atoms with van der Waals surface area (Å²) in [5, 5.41) is 3.50. The molecule has 5 nitrogen and oxygen atoms in total. The number of benzene rings is 2. The van der Waals surface area contributed by atoms with Gasteiger partial charge in [-0.3, -0.25) is 9.59 Å². The molecule has 1 N–H and O–H groups in total. The molecule has 1 atom stereocenters. The van der Waals surface area contributed by atoms with Crippen LogP contribution in [0.1, 0.15) is 40.2 Å². The van der Waals surface area contributed by atoms with Crippen LogP contribution in [0.15, 0.2) is 58.5 Å². The number of hydrogen-bond acceptors (Lipinski definition) is 4. The molecule has 1 aliphatic heterocycles. The molecule has 1 unspecified atom stereocenters. The monoisotopic (exact) mass is 405 g/mol. The highest BCUT2D eigenvalue weighted by Gasteiger charge is 2.32. The van der Waals surface area contributed by atoms with E-state index < -0.39 is 0 Å². The molecule has 0 fully saturated rings. The van der Waals surface area contributed by atoms with E-state index in [1.807, 2.05) is 42.8 Å². The van der Waals surface area contributed by atoms with Crippen LogP contribution in [0.3, 0.4) is 0 Å². The first-order valence-electron chi connectivity index (χ1n) is 9.58. The van der Waals surface area contributed by atoms with E-state index in [-0.39, 0.29) is 23.8 Å². The molecule has 148 valence electrons. The highest BCUT2D eigenvalue weighted by Crippen LogP contribution is 2.37. The lowest BCUT2D eigenvalue weighted by Gasteiger charge is -2.28. The molecule has 0 aliphatic carbocycles. The van der Waals surface area contributed by atoms with Crippen molar-refractivity contribution in [3.63, 3.8) is 0 Å². The molecule has 6 heteroatoms. The van der Waals surface area contributed by atoms with Gasteiger partial charge in [0.25, 0.3) is 5.56 Å². The molecule has 0 bridgehead atoms. The maximum Gasteiger partial charge on any atom is 0.279 e. The van der Waals surface area contributed by atoms with Crippen molar-refractivity contribution < 1.29 is 4.79 Å². The third-order valence-electron chi connectivity index (χ3n) is 5.35. The predicted octanol–water partition coefficient (Wildman–Crippen LogP) is 4.16. The van der Waals surface area contributed by atoms with Crippen LogP contribution in [0.5, 0.6) is 0 Å². The predicted molar refractivity (Wildman–Crippen MR) is 116 cm³/mol. The van der Waals surface area contributed by atoms with Crippen molar-refractivity contribution >= 4 is 23.5 Å². The maximum atomic E-state index is 13.0. The Morgan fingerprint density at radius 3 is 2.55 bits per heavy atom. The van der Waals surface area contributed by atoms with Gasteiger partial charge in [0.1, 0.15) is 5.82 Å². The van der Waals surface area contributed by atoms with E-state index >= 15 is 0 Å². The first kappa shape index (κ1) is 19.5. The number of amides is 1. The fraction of sp³-hybridized carbons (Fsp3) is 0.261. The summed E-state index contributed by atoms with van der Waals surface area (Å²) in [5.74, 6) is 0.902. The highest BCUT2D eigenvalue weighted by molar-refractivity contribution is 7.98. The Bertz CT molecular complexity index is 1140. The third-order valence-corrected chi connectivity index (χ3v) is 6.45. The van der Waals surface area contributed by atoms with Crippen molar-refractivity contribution in [1.82, 2.24) is 9.55 Å². The van der Waals surface area contributed by atoms with Crippen molar-refractivity contribution in [2.45, 2.75) is 37.1 Å². The van der Waals surface area contributed by atoms with Gasteiger partial charge in [0.2, 0.25) is 5.91 Å². The second-order valence-electron chi connectivity index (χ2n) is 7.46. The van der Waals surface area contributed by atoms with E-state index in [0.717, 1.165) is 16.7 Å². The smallest absolute Gasteiger partial charge is 0.279 e. The number of anilines is 1. The van der Waals surface area contributed by atoms with Crippen molar-refractivity contribution in [1.29, 1.82) is 0 Å². The number of hydrogen-bond donors (Lipinski definition) is 1. The Hall–Kier alpha value is -2.86. The zero-order valence-corrected chi connectivity index (χ0v) is 17.5. The Kier molecular flexibility index (Phi) is 5.28. The van der Waals surface area contributed by atoms with Crippen LogP contribution in [0.25, 0.3) is 0 Å². The van der Waals surface area contributed by atoms with Crippen LogP contribution in [0.2, 0.25) is 0 Å². The quantitative estimate of drug-likeness (QED) is 0.523. The average molecular weight is 406 g/mol. The fourth-order valence-electron chi connectivity index (χ4n) is 3.74. The van der Waals surface area contributed by atoms with Crippen LogP contribution in [0.4, 0.5) is 5.82 Å². The van der Waals surface area contributed by atoms with Crippen molar-refractivity contribution in [3.8, 4) is 0 Å². The molecule has 29 heavy (non-hydrogen) atoms. The number of aryl methyl sites for hydroxylation is 2. The zero-order chi connectivity index (χ0) is 20.5. The van der Waals surface area contributed by atoms with Crippen molar-refractivity contribution in [3.05, 3.63) is 86.7 Å². The second kappa shape index (κ2) is 7.87. The van der Waals surface area contributed by atoms with Gasteiger partial charge in [0.05, 0.1) is 5.56 Å². The largest absolute Gasteiger partial charge is 0.312 e. The molecule has 4 rings (SSSR count). The van der Waals surface area contributed by atoms with E-state index in [2.05, 4.69) is 41.5 Å². The minimum Gasteiger partial charge on any atom is -0.312 e. The number of carbonyl (C=O) groups is 1. The minimum absolute atomic E-state index is 0.0820. The molecule has 0 saturated carbocycles. The van der Waals surface area contributed by atoms with E-state index in [1.165, 1.54) is 17.3 Å². The van der Waals surface area contributed by atoms with Crippen LogP contribution >= 0.6 is 11.8 Å². The van der Waals surface area contributed by atoms with Crippen LogP contribution < -0.4 is 10.9 Å². The maximum absolute atomic E-state index is 13.0. The summed E-state index contributed by atoms with van der Waals surface area (Å²) >= 11 is 1.49. The summed E-state index contributed by atoms with van der Waals surface area (Å²) in [6.45, 7) is 4.06. The Balaban J connectivity index is 1.72. The lowest BCUT2D eigenvalue weighted by Crippen LogP contribution is -2.33. The molecule has 2 aromatic carbocycles. The van der Waals surface area contributed by atoms with Gasteiger partial charge in [-0.15, -0.1) is 0 Å². The van der Waals surface area contributed by atoms with E-state index in [0.29, 0.717) is 22.3 Å². The lowest BCUT2D eigenvalue weighted by molar-refractivity contribution is -0.116. The summed E-state index contributed by atoms with van der Waals surface area (Å²) in [4.78, 5) is 29.8. The van der Waals surface area contributed by atoms with Crippen LogP contribution in [-0.4, -0.2) is 15.5 Å². The molecule has 1 amide bonds. The Morgan fingerprint density at radius 1 is 1.10 bits per heavy atom. The highest BCUT2D eigenvalue weighted by atomic mass is 32.2. The summed E-state index contributed by atoms with van der Waals surface area (Å²) < 4.78 is 1.83. The number of nitrogens with zero attached hydrogens (tertiary/aromatic N) is 2. The summed E-state index contributed by atoms with van der Waals surface area (Å²) in [7, 11) is 1.85. The van der Waals surface area contributed by atoms with E-state index in [4.69, 9.17) is 0 Å². The Morgan fingerprint density at radius 2 is 1.83 bits per heavy atom. The van der Waals surface area contributed by atoms with Gasteiger partial charge in [-0.2, -0.15) is 4.98 Å². The van der Waals surface area contributed by atoms with Crippen molar-refractivity contribution in [2.24, 2.45) is 7.05 Å². The number of fused-ring (bicyclic) bond motifs is 1. The van der Waals surface area contributed by atoms with Gasteiger partial charge in [-0.1, -0.05) is 65.9 Å². The summed E-state index contributed by atoms with van der Waals surface area (Å²) in [6.07, 6.45) is 0.255. The number of aromatic nitrogens is 2. The molecule has 0 saturated heterocycles. The first-order valence-corrected chi connectivity index (χ1v) is 10.6. The van der Waals surface area contributed by atoms with E-state index in [1.54, 1.807) is 0 Å². The summed E-state index contributed by atoms with van der Waals surface area (Å²) in [5.41, 5.74) is 4.75. The van der Waals surface area contributed by atoms with Gasteiger partial charge < -0.3 is 9.88 Å². The lowest BCUT2D eigenvalue weighted by atomic mass is 9.84. The third kappa shape index (κ3) is 3.85. The molecule has 1 aliphatic rings. The van der Waals surface area contributed by atoms with Gasteiger partial charge in [-0.25, -0.2) is 0 Å².